The van der Waals surface area contributed by atoms with Crippen molar-refractivity contribution in [2.24, 2.45) is 0 Å². The minimum Gasteiger partial charge on any atom is -0.384 e. The van der Waals surface area contributed by atoms with Crippen LogP contribution in [-0.2, 0) is 0 Å². The molecule has 0 saturated heterocycles. The third-order valence-corrected chi connectivity index (χ3v) is 3.59. The van der Waals surface area contributed by atoms with E-state index < -0.39 is 0 Å². The van der Waals surface area contributed by atoms with Gasteiger partial charge in [-0.15, -0.1) is 0 Å². The van der Waals surface area contributed by atoms with Crippen LogP contribution < -0.4 is 11.1 Å². The fourth-order valence-corrected chi connectivity index (χ4v) is 2.18. The summed E-state index contributed by atoms with van der Waals surface area (Å²) < 4.78 is 0. The molecular weight excluding hydrogens is 226 g/mol. The highest BCUT2D eigenvalue weighted by Gasteiger charge is 2.33. The second-order valence-corrected chi connectivity index (χ2v) is 5.73. The average Bonchev–Trinajstić information content (AvgIpc) is 2.26. The van der Waals surface area contributed by atoms with E-state index in [-0.39, 0.29) is 17.4 Å². The molecule has 1 fully saturated rings. The second-order valence-electron chi connectivity index (χ2n) is 5.73. The quantitative estimate of drug-likeness (QED) is 0.862. The van der Waals surface area contributed by atoms with Crippen LogP contribution in [0.1, 0.15) is 62.0 Å². The molecular formula is C14H21N3O. The summed E-state index contributed by atoms with van der Waals surface area (Å²) in [6.07, 6.45) is 3.29. The molecule has 0 unspecified atom stereocenters. The Labute approximate surface area is 108 Å². The molecule has 4 nitrogen and oxygen atoms in total. The number of rotatable bonds is 3. The molecule has 1 aliphatic carbocycles. The number of carbonyl (C=O) groups is 1. The first kappa shape index (κ1) is 12.9. The first-order valence-electron chi connectivity index (χ1n) is 6.50. The van der Waals surface area contributed by atoms with Crippen LogP contribution in [0.5, 0.6) is 0 Å². The summed E-state index contributed by atoms with van der Waals surface area (Å²) in [6, 6.07) is 3.47. The summed E-state index contributed by atoms with van der Waals surface area (Å²) in [5, 5.41) is 3.08. The van der Waals surface area contributed by atoms with Gasteiger partial charge in [0.1, 0.15) is 5.82 Å². The molecule has 0 spiro atoms. The lowest BCUT2D eigenvalue weighted by molar-refractivity contribution is 0.0850. The third kappa shape index (κ3) is 2.63. The number of nitrogens with two attached hydrogens (primary N) is 1. The number of carbonyl (C=O) groups excluding carboxylic acids is 1. The van der Waals surface area contributed by atoms with Crippen LogP contribution in [0.4, 0.5) is 5.82 Å². The normalized spacial score (nSPS) is 17.3. The molecule has 18 heavy (non-hydrogen) atoms. The SMILES string of the molecule is CC(C)c1cc(C(=O)NC2(C)CCC2)cc(N)n1. The summed E-state index contributed by atoms with van der Waals surface area (Å²) in [7, 11) is 0. The monoisotopic (exact) mass is 247 g/mol. The Bertz CT molecular complexity index is 464. The van der Waals surface area contributed by atoms with Gasteiger partial charge in [-0.1, -0.05) is 13.8 Å². The third-order valence-electron chi connectivity index (χ3n) is 3.59. The number of hydrogen-bond acceptors (Lipinski definition) is 3. The summed E-state index contributed by atoms with van der Waals surface area (Å²) in [6.45, 7) is 6.16. The van der Waals surface area contributed by atoms with Crippen molar-refractivity contribution in [1.82, 2.24) is 10.3 Å². The Morgan fingerprint density at radius 1 is 1.44 bits per heavy atom. The molecule has 1 heterocycles. The molecule has 1 aromatic heterocycles. The molecule has 0 radical (unpaired) electrons. The molecule has 2 rings (SSSR count). The van der Waals surface area contributed by atoms with E-state index in [1.165, 1.54) is 6.42 Å². The molecule has 0 aliphatic heterocycles. The fraction of sp³-hybridized carbons (Fsp3) is 0.571. The highest BCUT2D eigenvalue weighted by Crippen LogP contribution is 2.31. The summed E-state index contributed by atoms with van der Waals surface area (Å²) in [5.74, 6) is 0.623. The van der Waals surface area contributed by atoms with Crippen molar-refractivity contribution in [3.05, 3.63) is 23.4 Å². The largest absolute Gasteiger partial charge is 0.384 e. The number of pyridine rings is 1. The van der Waals surface area contributed by atoms with Gasteiger partial charge in [-0.05, 0) is 44.2 Å². The van der Waals surface area contributed by atoms with Gasteiger partial charge >= 0.3 is 0 Å². The van der Waals surface area contributed by atoms with Crippen LogP contribution in [0.3, 0.4) is 0 Å². The molecule has 1 aliphatic rings. The number of hydrogen-bond donors (Lipinski definition) is 2. The van der Waals surface area contributed by atoms with E-state index in [2.05, 4.69) is 17.2 Å². The summed E-state index contributed by atoms with van der Waals surface area (Å²) in [4.78, 5) is 16.4. The Morgan fingerprint density at radius 2 is 2.11 bits per heavy atom. The van der Waals surface area contributed by atoms with E-state index >= 15 is 0 Å². The van der Waals surface area contributed by atoms with Gasteiger partial charge < -0.3 is 11.1 Å². The van der Waals surface area contributed by atoms with E-state index in [0.717, 1.165) is 18.5 Å². The molecule has 98 valence electrons. The van der Waals surface area contributed by atoms with Crippen molar-refractivity contribution in [3.63, 3.8) is 0 Å². The van der Waals surface area contributed by atoms with Gasteiger partial charge in [0.05, 0.1) is 0 Å². The van der Waals surface area contributed by atoms with Crippen molar-refractivity contribution in [2.45, 2.75) is 51.5 Å². The molecule has 1 aromatic rings. The molecule has 1 amide bonds. The molecule has 4 heteroatoms. The van der Waals surface area contributed by atoms with Gasteiger partial charge in [0.25, 0.3) is 5.91 Å². The van der Waals surface area contributed by atoms with E-state index in [4.69, 9.17) is 5.73 Å². The van der Waals surface area contributed by atoms with Crippen LogP contribution in [0.2, 0.25) is 0 Å². The van der Waals surface area contributed by atoms with Crippen LogP contribution in [0.25, 0.3) is 0 Å². The van der Waals surface area contributed by atoms with Crippen molar-refractivity contribution < 1.29 is 4.79 Å². The zero-order valence-electron chi connectivity index (χ0n) is 11.3. The molecule has 1 saturated carbocycles. The highest BCUT2D eigenvalue weighted by atomic mass is 16.1. The van der Waals surface area contributed by atoms with Crippen molar-refractivity contribution in [1.29, 1.82) is 0 Å². The standard InChI is InChI=1S/C14H21N3O/c1-9(2)11-7-10(8-12(15)16-11)13(18)17-14(3)5-4-6-14/h7-9H,4-6H2,1-3H3,(H2,15,16)(H,17,18). The van der Waals surface area contributed by atoms with Crippen LogP contribution >= 0.6 is 0 Å². The number of nitrogens with zero attached hydrogens (tertiary/aromatic N) is 1. The van der Waals surface area contributed by atoms with E-state index in [0.29, 0.717) is 11.4 Å². The Hall–Kier alpha value is -1.58. The number of amides is 1. The number of nitrogens with one attached hydrogen (secondary N) is 1. The molecule has 3 N–H and O–H groups in total. The van der Waals surface area contributed by atoms with Gasteiger partial charge in [-0.2, -0.15) is 0 Å². The molecule has 0 atom stereocenters. The fourth-order valence-electron chi connectivity index (χ4n) is 2.18. The lowest BCUT2D eigenvalue weighted by atomic mass is 9.78. The van der Waals surface area contributed by atoms with Crippen LogP contribution in [0, 0.1) is 0 Å². The average molecular weight is 247 g/mol. The predicted octanol–water partition coefficient (Wildman–Crippen LogP) is 2.46. The van der Waals surface area contributed by atoms with E-state index in [1.807, 2.05) is 19.9 Å². The molecule has 0 aromatic carbocycles. The highest BCUT2D eigenvalue weighted by molar-refractivity contribution is 5.95. The summed E-state index contributed by atoms with van der Waals surface area (Å²) >= 11 is 0. The van der Waals surface area contributed by atoms with Gasteiger partial charge in [0.15, 0.2) is 0 Å². The predicted molar refractivity (Wildman–Crippen MR) is 72.5 cm³/mol. The maximum atomic E-state index is 12.2. The Balaban J connectivity index is 2.19. The maximum Gasteiger partial charge on any atom is 0.251 e. The maximum absolute atomic E-state index is 12.2. The van der Waals surface area contributed by atoms with Gasteiger partial charge in [0.2, 0.25) is 0 Å². The van der Waals surface area contributed by atoms with Crippen molar-refractivity contribution >= 4 is 11.7 Å². The zero-order chi connectivity index (χ0) is 13.3. The van der Waals surface area contributed by atoms with Crippen molar-refractivity contribution in [2.75, 3.05) is 5.73 Å². The Morgan fingerprint density at radius 3 is 2.61 bits per heavy atom. The van der Waals surface area contributed by atoms with Crippen molar-refractivity contribution in [3.8, 4) is 0 Å². The van der Waals surface area contributed by atoms with Gasteiger partial charge in [-0.3, -0.25) is 4.79 Å². The lowest BCUT2D eigenvalue weighted by Gasteiger charge is -2.39. The first-order valence-corrected chi connectivity index (χ1v) is 6.50. The van der Waals surface area contributed by atoms with Gasteiger partial charge in [-0.25, -0.2) is 4.98 Å². The lowest BCUT2D eigenvalue weighted by Crippen LogP contribution is -2.50. The zero-order valence-corrected chi connectivity index (χ0v) is 11.3. The summed E-state index contributed by atoms with van der Waals surface area (Å²) in [5.41, 5.74) is 7.19. The van der Waals surface area contributed by atoms with Crippen LogP contribution in [-0.4, -0.2) is 16.4 Å². The van der Waals surface area contributed by atoms with Gasteiger partial charge in [0, 0.05) is 16.8 Å². The minimum atomic E-state index is -0.0480. The Kier molecular flexibility index (Phi) is 3.28. The second kappa shape index (κ2) is 4.59. The number of aromatic nitrogens is 1. The first-order chi connectivity index (χ1) is 8.39. The van der Waals surface area contributed by atoms with E-state index in [1.54, 1.807) is 6.07 Å². The topological polar surface area (TPSA) is 68.0 Å². The van der Waals surface area contributed by atoms with Crippen LogP contribution in [0.15, 0.2) is 12.1 Å². The smallest absolute Gasteiger partial charge is 0.251 e. The number of anilines is 1. The minimum absolute atomic E-state index is 0.0346. The molecule has 0 bridgehead atoms. The number of nitrogen functional groups attached to an aromatic ring is 1. The van der Waals surface area contributed by atoms with E-state index in [9.17, 15) is 4.79 Å².